The molecule has 6 nitrogen and oxygen atoms in total. The van der Waals surface area contributed by atoms with Gasteiger partial charge in [-0.2, -0.15) is 0 Å². The zero-order valence-electron chi connectivity index (χ0n) is 16.5. The summed E-state index contributed by atoms with van der Waals surface area (Å²) in [7, 11) is 0. The SMILES string of the molecule is C1=Cc2cc3ccc(cc4nc(cc5ccc(cc1n2)[nH]5)C=C4)[nH]3.C1COCCO1. The Labute approximate surface area is 173 Å². The Bertz CT molecular complexity index is 1080. The van der Waals surface area contributed by atoms with Crippen LogP contribution in [0.1, 0.15) is 22.8 Å². The highest BCUT2D eigenvalue weighted by atomic mass is 16.6. The first-order chi connectivity index (χ1) is 14.8. The molecule has 3 aliphatic rings. The third-order valence-corrected chi connectivity index (χ3v) is 4.79. The summed E-state index contributed by atoms with van der Waals surface area (Å²) in [5.74, 6) is 0. The monoisotopic (exact) mass is 398 g/mol. The zero-order valence-corrected chi connectivity index (χ0v) is 16.5. The average Bonchev–Trinajstić information content (AvgIpc) is 3.56. The second kappa shape index (κ2) is 8.49. The molecule has 3 aromatic heterocycles. The molecule has 30 heavy (non-hydrogen) atoms. The number of hydrogen-bond donors (Lipinski definition) is 2. The lowest BCUT2D eigenvalue weighted by atomic mass is 10.3. The summed E-state index contributed by atoms with van der Waals surface area (Å²) in [4.78, 5) is 16.0. The van der Waals surface area contributed by atoms with Crippen molar-refractivity contribution in [3.05, 3.63) is 71.3 Å². The number of hydrogen-bond acceptors (Lipinski definition) is 4. The number of ether oxygens (including phenoxy) is 2. The van der Waals surface area contributed by atoms with Crippen molar-refractivity contribution in [2.75, 3.05) is 26.4 Å². The predicted molar refractivity (Wildman–Crippen MR) is 120 cm³/mol. The number of aromatic nitrogens is 4. The molecule has 0 atom stereocenters. The molecule has 0 radical (unpaired) electrons. The number of rotatable bonds is 0. The summed E-state index contributed by atoms with van der Waals surface area (Å²) < 4.78 is 9.89. The first kappa shape index (κ1) is 18.5. The summed E-state index contributed by atoms with van der Waals surface area (Å²) in [6.45, 7) is 3.11. The van der Waals surface area contributed by atoms with E-state index in [2.05, 4.69) is 44.2 Å². The van der Waals surface area contributed by atoms with Crippen LogP contribution in [0.3, 0.4) is 0 Å². The topological polar surface area (TPSA) is 75.8 Å². The molecule has 6 heteroatoms. The van der Waals surface area contributed by atoms with Crippen LogP contribution < -0.4 is 0 Å². The molecule has 6 rings (SSSR count). The maximum Gasteiger partial charge on any atom is 0.0701 e. The van der Waals surface area contributed by atoms with Crippen LogP contribution in [0.2, 0.25) is 0 Å². The Morgan fingerprint density at radius 1 is 0.500 bits per heavy atom. The summed E-state index contributed by atoms with van der Waals surface area (Å²) >= 11 is 0. The Morgan fingerprint density at radius 3 is 1.07 bits per heavy atom. The lowest BCUT2D eigenvalue weighted by Crippen LogP contribution is -2.16. The van der Waals surface area contributed by atoms with Gasteiger partial charge in [-0.1, -0.05) is 0 Å². The molecule has 0 amide bonds. The third-order valence-electron chi connectivity index (χ3n) is 4.79. The number of nitrogens with one attached hydrogen (secondary N) is 2. The normalized spacial score (nSPS) is 14.9. The van der Waals surface area contributed by atoms with E-state index in [1.54, 1.807) is 0 Å². The summed E-state index contributed by atoms with van der Waals surface area (Å²) in [6.07, 6.45) is 8.09. The van der Waals surface area contributed by atoms with Gasteiger partial charge in [0.05, 0.1) is 49.2 Å². The van der Waals surface area contributed by atoms with Crippen LogP contribution in [0.25, 0.3) is 46.4 Å². The number of fused-ring (bicyclic) bond motifs is 8. The van der Waals surface area contributed by atoms with Crippen LogP contribution in [0.15, 0.2) is 48.5 Å². The maximum absolute atomic E-state index is 4.94. The van der Waals surface area contributed by atoms with E-state index in [0.717, 1.165) is 71.3 Å². The second-order valence-electron chi connectivity index (χ2n) is 7.13. The largest absolute Gasteiger partial charge is 0.377 e. The van der Waals surface area contributed by atoms with E-state index in [0.29, 0.717) is 0 Å². The van der Waals surface area contributed by atoms with Gasteiger partial charge in [0.15, 0.2) is 0 Å². The molecule has 6 heterocycles. The van der Waals surface area contributed by atoms with E-state index >= 15 is 0 Å². The predicted octanol–water partition coefficient (Wildman–Crippen LogP) is 4.69. The molecule has 3 aromatic rings. The zero-order chi connectivity index (χ0) is 20.2. The van der Waals surface area contributed by atoms with Gasteiger partial charge in [0, 0.05) is 22.1 Å². The summed E-state index contributed by atoms with van der Waals surface area (Å²) in [5.41, 5.74) is 7.86. The van der Waals surface area contributed by atoms with Crippen molar-refractivity contribution < 1.29 is 9.47 Å². The lowest BCUT2D eigenvalue weighted by molar-refractivity contribution is -0.0334. The average molecular weight is 398 g/mol. The van der Waals surface area contributed by atoms with E-state index < -0.39 is 0 Å². The van der Waals surface area contributed by atoms with E-state index in [1.165, 1.54) is 0 Å². The number of aromatic amines is 2. The lowest BCUT2D eigenvalue weighted by Gasteiger charge is -2.09. The third kappa shape index (κ3) is 4.56. The first-order valence-electron chi connectivity index (χ1n) is 10.0. The molecule has 8 bridgehead atoms. The summed E-state index contributed by atoms with van der Waals surface area (Å²) in [6, 6.07) is 16.4. The molecule has 150 valence electrons. The van der Waals surface area contributed by atoms with Gasteiger partial charge in [-0.15, -0.1) is 0 Å². The first-order valence-corrected chi connectivity index (χ1v) is 10.0. The standard InChI is InChI=1S/C20H14N4.C4H8O2/c1-2-14-10-16-5-6-18(23-16)12-20-8-7-19(24-20)11-17-4-3-15(22-17)9-13(1)21-14;1-2-6-4-3-5-1/h1-12,21,24H;1-4H2. The quantitative estimate of drug-likeness (QED) is 0.397. The minimum absolute atomic E-state index is 0.778. The number of nitrogens with zero attached hydrogens (tertiary/aromatic N) is 2. The highest BCUT2D eigenvalue weighted by Crippen LogP contribution is 2.16. The summed E-state index contributed by atoms with van der Waals surface area (Å²) in [5, 5.41) is 0. The minimum Gasteiger partial charge on any atom is -0.377 e. The highest BCUT2D eigenvalue weighted by molar-refractivity contribution is 5.77. The van der Waals surface area contributed by atoms with Crippen molar-refractivity contribution in [3.8, 4) is 0 Å². The Hall–Kier alpha value is -3.48. The molecular formula is C24H22N4O2. The van der Waals surface area contributed by atoms with Crippen LogP contribution in [-0.2, 0) is 9.47 Å². The van der Waals surface area contributed by atoms with Crippen LogP contribution in [0, 0.1) is 0 Å². The molecule has 0 aliphatic carbocycles. The van der Waals surface area contributed by atoms with E-state index in [-0.39, 0.29) is 0 Å². The molecule has 0 unspecified atom stereocenters. The fourth-order valence-electron chi connectivity index (χ4n) is 3.38. The fraction of sp³-hybridized carbons (Fsp3) is 0.167. The highest BCUT2D eigenvalue weighted by Gasteiger charge is 2.01. The van der Waals surface area contributed by atoms with Crippen molar-refractivity contribution in [3.63, 3.8) is 0 Å². The van der Waals surface area contributed by atoms with Crippen LogP contribution in [-0.4, -0.2) is 46.4 Å². The molecule has 3 aliphatic heterocycles. The van der Waals surface area contributed by atoms with Crippen LogP contribution in [0.5, 0.6) is 0 Å². The molecule has 0 aromatic carbocycles. The van der Waals surface area contributed by atoms with Crippen molar-refractivity contribution in [2.24, 2.45) is 0 Å². The van der Waals surface area contributed by atoms with Crippen molar-refractivity contribution in [1.29, 1.82) is 0 Å². The molecule has 1 saturated heterocycles. The van der Waals surface area contributed by atoms with Gasteiger partial charge in [-0.05, 0) is 72.8 Å². The van der Waals surface area contributed by atoms with E-state index in [4.69, 9.17) is 9.47 Å². The minimum atomic E-state index is 0.778. The number of H-pyrrole nitrogens is 2. The maximum atomic E-state index is 4.94. The van der Waals surface area contributed by atoms with Gasteiger partial charge < -0.3 is 19.4 Å². The molecule has 1 fully saturated rings. The molecule has 0 saturated carbocycles. The Morgan fingerprint density at radius 2 is 0.800 bits per heavy atom. The van der Waals surface area contributed by atoms with E-state index in [9.17, 15) is 0 Å². The van der Waals surface area contributed by atoms with Gasteiger partial charge in [0.1, 0.15) is 0 Å². The Kier molecular flexibility index (Phi) is 5.25. The second-order valence-corrected chi connectivity index (χ2v) is 7.13. The van der Waals surface area contributed by atoms with Crippen molar-refractivity contribution >= 4 is 46.4 Å². The molecule has 0 spiro atoms. The van der Waals surface area contributed by atoms with Crippen LogP contribution in [0.4, 0.5) is 0 Å². The van der Waals surface area contributed by atoms with Crippen molar-refractivity contribution in [2.45, 2.75) is 0 Å². The van der Waals surface area contributed by atoms with E-state index in [1.807, 2.05) is 48.6 Å². The Balaban J connectivity index is 0.000000279. The fourth-order valence-corrected chi connectivity index (χ4v) is 3.38. The van der Waals surface area contributed by atoms with Crippen LogP contribution >= 0.6 is 0 Å². The molecule has 2 N–H and O–H groups in total. The van der Waals surface area contributed by atoms with Gasteiger partial charge in [0.25, 0.3) is 0 Å². The van der Waals surface area contributed by atoms with Gasteiger partial charge in [0.2, 0.25) is 0 Å². The smallest absolute Gasteiger partial charge is 0.0701 e. The van der Waals surface area contributed by atoms with Gasteiger partial charge in [-0.3, -0.25) is 0 Å². The molecular weight excluding hydrogens is 376 g/mol. The van der Waals surface area contributed by atoms with Gasteiger partial charge in [-0.25, -0.2) is 9.97 Å². The van der Waals surface area contributed by atoms with Crippen molar-refractivity contribution in [1.82, 2.24) is 19.9 Å². The van der Waals surface area contributed by atoms with Gasteiger partial charge >= 0.3 is 0 Å².